The summed E-state index contributed by atoms with van der Waals surface area (Å²) < 4.78 is 10.8. The van der Waals surface area contributed by atoms with Gasteiger partial charge in [0.05, 0.1) is 26.2 Å². The van der Waals surface area contributed by atoms with E-state index in [2.05, 4.69) is 98.6 Å². The number of methoxy groups -OCH3 is 2. The summed E-state index contributed by atoms with van der Waals surface area (Å²) in [5.41, 5.74) is 4.12. The first-order chi connectivity index (χ1) is 18.6. The number of carbonyl (C=O) groups excluding carboxylic acids is 2. The molecule has 3 aromatic rings. The lowest BCUT2D eigenvalue weighted by Gasteiger charge is -2.40. The minimum absolute atomic E-state index is 0.0205. The van der Waals surface area contributed by atoms with Crippen molar-refractivity contribution in [2.45, 2.75) is 38.5 Å². The fourth-order valence-corrected chi connectivity index (χ4v) is 4.98. The van der Waals surface area contributed by atoms with E-state index in [1.54, 1.807) is 14.2 Å². The summed E-state index contributed by atoms with van der Waals surface area (Å²) in [5, 5.41) is 17.9. The maximum Gasteiger partial charge on any atom is 0.160 e. The van der Waals surface area contributed by atoms with Crippen LogP contribution in [0.4, 0.5) is 0 Å². The molecule has 0 bridgehead atoms. The Hall–Kier alpha value is -3.84. The molecule has 0 saturated carbocycles. The number of hydrogen-bond acceptors (Lipinski definition) is 7. The molecule has 0 saturated heterocycles. The number of rotatable bonds is 12. The zero-order valence-corrected chi connectivity index (χ0v) is 23.5. The maximum atomic E-state index is 8.93. The van der Waals surface area contributed by atoms with Crippen molar-refractivity contribution in [3.05, 3.63) is 95.6 Å². The van der Waals surface area contributed by atoms with Crippen molar-refractivity contribution in [3.8, 4) is 11.5 Å². The van der Waals surface area contributed by atoms with E-state index in [0.29, 0.717) is 5.92 Å². The number of ether oxygens (including phenoxy) is 2. The van der Waals surface area contributed by atoms with Crippen LogP contribution in [0.5, 0.6) is 11.5 Å². The number of aliphatic carboxylic acids is 2. The lowest BCUT2D eigenvalue weighted by Crippen LogP contribution is -2.42. The van der Waals surface area contributed by atoms with Gasteiger partial charge in [-0.3, -0.25) is 0 Å². The molecule has 0 aliphatic rings. The first-order valence-electron chi connectivity index (χ1n) is 13.1. The van der Waals surface area contributed by atoms with Gasteiger partial charge in [0.25, 0.3) is 0 Å². The Bertz CT molecular complexity index is 1110. The Kier molecular flexibility index (Phi) is 12.5. The summed E-state index contributed by atoms with van der Waals surface area (Å²) in [6.07, 6.45) is 3.26. The van der Waals surface area contributed by atoms with Gasteiger partial charge in [0.15, 0.2) is 11.5 Å². The number of hydrogen-bond donors (Lipinski definition) is 0. The van der Waals surface area contributed by atoms with Crippen molar-refractivity contribution in [2.24, 2.45) is 5.92 Å². The molecule has 0 aliphatic heterocycles. The SMILES string of the molecule is COc1ccc(CCN(C)CCCC(c2ccccc2)(c2ccccc2)C(C)C)cc1OC.O=C([O-])C(=O)[O-]. The Morgan fingerprint density at radius 2 is 1.31 bits per heavy atom. The van der Waals surface area contributed by atoms with Crippen LogP contribution >= 0.6 is 0 Å². The summed E-state index contributed by atoms with van der Waals surface area (Å²) in [6, 6.07) is 28.3. The third-order valence-corrected chi connectivity index (χ3v) is 7.07. The third-order valence-electron chi connectivity index (χ3n) is 7.07. The van der Waals surface area contributed by atoms with Gasteiger partial charge in [-0.1, -0.05) is 80.6 Å². The highest BCUT2D eigenvalue weighted by Crippen LogP contribution is 2.43. The molecule has 39 heavy (non-hydrogen) atoms. The van der Waals surface area contributed by atoms with E-state index in [4.69, 9.17) is 29.3 Å². The van der Waals surface area contributed by atoms with Crippen LogP contribution in [0.3, 0.4) is 0 Å². The quantitative estimate of drug-likeness (QED) is 0.330. The molecule has 210 valence electrons. The van der Waals surface area contributed by atoms with Crippen molar-refractivity contribution < 1.29 is 29.3 Å². The monoisotopic (exact) mass is 533 g/mol. The maximum absolute atomic E-state index is 8.93. The van der Waals surface area contributed by atoms with Gasteiger partial charge in [0.1, 0.15) is 0 Å². The number of carboxylic acids is 2. The highest BCUT2D eigenvalue weighted by atomic mass is 16.5. The minimum atomic E-state index is -2.19. The van der Waals surface area contributed by atoms with E-state index in [1.807, 2.05) is 6.07 Å². The molecule has 0 radical (unpaired) electrons. The minimum Gasteiger partial charge on any atom is -0.543 e. The average molecular weight is 534 g/mol. The highest BCUT2D eigenvalue weighted by Gasteiger charge is 2.36. The van der Waals surface area contributed by atoms with E-state index in [9.17, 15) is 0 Å². The second-order valence-electron chi connectivity index (χ2n) is 9.78. The molecule has 0 spiro atoms. The second kappa shape index (κ2) is 15.5. The van der Waals surface area contributed by atoms with Crippen molar-refractivity contribution in [2.75, 3.05) is 34.4 Å². The number of nitrogens with zero attached hydrogens (tertiary/aromatic N) is 1. The first-order valence-corrected chi connectivity index (χ1v) is 13.1. The number of carbonyl (C=O) groups is 2. The molecule has 0 N–H and O–H groups in total. The Morgan fingerprint density at radius 3 is 1.74 bits per heavy atom. The van der Waals surface area contributed by atoms with Gasteiger partial charge in [0.2, 0.25) is 0 Å². The van der Waals surface area contributed by atoms with Crippen molar-refractivity contribution >= 4 is 11.9 Å². The van der Waals surface area contributed by atoms with Crippen molar-refractivity contribution in [1.82, 2.24) is 4.90 Å². The fourth-order valence-electron chi connectivity index (χ4n) is 4.98. The highest BCUT2D eigenvalue weighted by molar-refractivity contribution is 6.25. The molecular formula is C32H39NO6-2. The van der Waals surface area contributed by atoms with Gasteiger partial charge >= 0.3 is 0 Å². The molecule has 0 aliphatic carbocycles. The molecule has 0 fully saturated rings. The van der Waals surface area contributed by atoms with Gasteiger partial charge < -0.3 is 34.2 Å². The zero-order chi connectivity index (χ0) is 28.8. The summed E-state index contributed by atoms with van der Waals surface area (Å²) in [4.78, 5) is 20.3. The van der Waals surface area contributed by atoms with Crippen LogP contribution in [0.2, 0.25) is 0 Å². The van der Waals surface area contributed by atoms with Crippen LogP contribution in [-0.2, 0) is 21.4 Å². The van der Waals surface area contributed by atoms with Gasteiger partial charge in [-0.25, -0.2) is 0 Å². The fraction of sp³-hybridized carbons (Fsp3) is 0.375. The summed E-state index contributed by atoms with van der Waals surface area (Å²) in [7, 11) is 5.59. The molecule has 0 amide bonds. The predicted molar refractivity (Wildman–Crippen MR) is 148 cm³/mol. The molecule has 7 nitrogen and oxygen atoms in total. The summed E-state index contributed by atoms with van der Waals surface area (Å²) in [5.74, 6) is -2.30. The van der Waals surface area contributed by atoms with E-state index in [-0.39, 0.29) is 5.41 Å². The average Bonchev–Trinajstić information content (AvgIpc) is 2.95. The van der Waals surface area contributed by atoms with Gasteiger partial charge in [-0.2, -0.15) is 0 Å². The number of benzene rings is 3. The van der Waals surface area contributed by atoms with Crippen LogP contribution in [0.1, 0.15) is 43.4 Å². The molecule has 0 heterocycles. The molecule has 0 atom stereocenters. The molecule has 3 rings (SSSR count). The third kappa shape index (κ3) is 8.86. The van der Waals surface area contributed by atoms with E-state index < -0.39 is 11.9 Å². The Morgan fingerprint density at radius 1 is 0.795 bits per heavy atom. The van der Waals surface area contributed by atoms with Gasteiger partial charge in [-0.15, -0.1) is 0 Å². The predicted octanol–water partition coefficient (Wildman–Crippen LogP) is 3.09. The smallest absolute Gasteiger partial charge is 0.160 e. The van der Waals surface area contributed by atoms with Crippen LogP contribution < -0.4 is 19.7 Å². The van der Waals surface area contributed by atoms with Crippen molar-refractivity contribution in [1.29, 1.82) is 0 Å². The van der Waals surface area contributed by atoms with Gasteiger partial charge in [0, 0.05) is 12.0 Å². The Labute approximate surface area is 232 Å². The van der Waals surface area contributed by atoms with Crippen LogP contribution in [0.15, 0.2) is 78.9 Å². The van der Waals surface area contributed by atoms with Crippen LogP contribution in [-0.4, -0.2) is 51.2 Å². The van der Waals surface area contributed by atoms with Gasteiger partial charge in [-0.05, 0) is 67.6 Å². The molecular weight excluding hydrogens is 494 g/mol. The van der Waals surface area contributed by atoms with E-state index in [1.165, 1.54) is 16.7 Å². The number of carboxylic acid groups (broad SMARTS) is 2. The second-order valence-corrected chi connectivity index (χ2v) is 9.78. The topological polar surface area (TPSA) is 102 Å². The normalized spacial score (nSPS) is 11.1. The van der Waals surface area contributed by atoms with E-state index >= 15 is 0 Å². The lowest BCUT2D eigenvalue weighted by atomic mass is 9.64. The first kappa shape index (κ1) is 31.4. The number of likely N-dealkylation sites (N-methyl/N-ethyl adjacent to an activating group) is 1. The molecule has 3 aromatic carbocycles. The standard InChI is InChI=1S/C30H39NO2.C2H2O4/c1-24(2)30(26-13-8-6-9-14-26,27-15-10-7-11-16-27)20-12-21-31(3)22-19-25-17-18-28(32-4)29(23-25)33-5;3-1(4)2(5)6/h6-11,13-18,23-24H,12,19-22H2,1-5H3;(H,3,4)(H,5,6)/p-2. The molecule has 7 heteroatoms. The van der Waals surface area contributed by atoms with Crippen LogP contribution in [0.25, 0.3) is 0 Å². The van der Waals surface area contributed by atoms with Crippen LogP contribution in [0, 0.1) is 5.92 Å². The molecule has 0 aromatic heterocycles. The van der Waals surface area contributed by atoms with E-state index in [0.717, 1.165) is 43.9 Å². The summed E-state index contributed by atoms with van der Waals surface area (Å²) >= 11 is 0. The molecule has 0 unspecified atom stereocenters. The Balaban J connectivity index is 0.000000798. The largest absolute Gasteiger partial charge is 0.543 e. The summed E-state index contributed by atoms with van der Waals surface area (Å²) in [6.45, 7) is 6.81. The zero-order valence-electron chi connectivity index (χ0n) is 23.5. The van der Waals surface area contributed by atoms with Crippen molar-refractivity contribution in [3.63, 3.8) is 0 Å². The lowest BCUT2D eigenvalue weighted by molar-refractivity contribution is -0.345.